The monoisotopic (exact) mass is 265 g/mol. The average Bonchev–Trinajstić information content (AvgIpc) is 2.31. The van der Waals surface area contributed by atoms with Crippen LogP contribution >= 0.6 is 0 Å². The number of benzene rings is 1. The molecule has 0 radical (unpaired) electrons. The van der Waals surface area contributed by atoms with E-state index in [4.69, 9.17) is 10.5 Å². The van der Waals surface area contributed by atoms with Gasteiger partial charge in [-0.15, -0.1) is 0 Å². The van der Waals surface area contributed by atoms with E-state index in [0.29, 0.717) is 12.1 Å². The first-order valence-corrected chi connectivity index (χ1v) is 6.78. The Labute approximate surface area is 112 Å². The summed E-state index contributed by atoms with van der Waals surface area (Å²) in [6.45, 7) is 6.80. The van der Waals surface area contributed by atoms with Crippen molar-refractivity contribution in [2.75, 3.05) is 43.5 Å². The molecule has 0 bridgehead atoms. The van der Waals surface area contributed by atoms with Crippen molar-refractivity contribution < 1.29 is 9.13 Å². The van der Waals surface area contributed by atoms with Crippen LogP contribution < -0.4 is 10.6 Å². The lowest BCUT2D eigenvalue weighted by Crippen LogP contribution is -2.59. The zero-order chi connectivity index (χ0) is 13.4. The van der Waals surface area contributed by atoms with Crippen LogP contribution in [0.5, 0.6) is 0 Å². The van der Waals surface area contributed by atoms with Crippen molar-refractivity contribution in [1.82, 2.24) is 4.90 Å². The Balaban J connectivity index is 1.70. The average molecular weight is 265 g/mol. The van der Waals surface area contributed by atoms with Crippen molar-refractivity contribution in [1.29, 1.82) is 0 Å². The lowest BCUT2D eigenvalue weighted by atomic mass is 10.1. The van der Waals surface area contributed by atoms with Crippen molar-refractivity contribution in [2.45, 2.75) is 19.0 Å². The Morgan fingerprint density at radius 3 is 2.68 bits per heavy atom. The Morgan fingerprint density at radius 2 is 2.11 bits per heavy atom. The second-order valence-corrected chi connectivity index (χ2v) is 5.43. The van der Waals surface area contributed by atoms with E-state index in [1.807, 2.05) is 6.07 Å². The maximum atomic E-state index is 13.6. The van der Waals surface area contributed by atoms with Gasteiger partial charge in [-0.25, -0.2) is 4.39 Å². The molecule has 0 amide bonds. The van der Waals surface area contributed by atoms with Crippen LogP contribution in [0.1, 0.15) is 6.92 Å². The summed E-state index contributed by atoms with van der Waals surface area (Å²) < 4.78 is 18.8. The number of ether oxygens (including phenoxy) is 1. The van der Waals surface area contributed by atoms with E-state index < -0.39 is 0 Å². The first-order valence-electron chi connectivity index (χ1n) is 6.78. The summed E-state index contributed by atoms with van der Waals surface area (Å²) >= 11 is 0. The van der Waals surface area contributed by atoms with Crippen LogP contribution in [0.3, 0.4) is 0 Å². The van der Waals surface area contributed by atoms with Gasteiger partial charge in [-0.1, -0.05) is 0 Å². The number of halogens is 1. The highest BCUT2D eigenvalue weighted by atomic mass is 19.1. The van der Waals surface area contributed by atoms with Crippen molar-refractivity contribution in [3.63, 3.8) is 0 Å². The van der Waals surface area contributed by atoms with Gasteiger partial charge in [0.2, 0.25) is 0 Å². The van der Waals surface area contributed by atoms with E-state index in [1.54, 1.807) is 6.07 Å². The fourth-order valence-electron chi connectivity index (χ4n) is 2.83. The molecule has 19 heavy (non-hydrogen) atoms. The molecule has 0 aromatic heterocycles. The van der Waals surface area contributed by atoms with Gasteiger partial charge in [-0.05, 0) is 25.1 Å². The van der Waals surface area contributed by atoms with Crippen LogP contribution in [-0.4, -0.2) is 49.8 Å². The predicted octanol–water partition coefficient (Wildman–Crippen LogP) is 1.32. The third kappa shape index (κ3) is 2.40. The molecule has 1 atom stereocenters. The zero-order valence-corrected chi connectivity index (χ0v) is 11.2. The summed E-state index contributed by atoms with van der Waals surface area (Å²) in [6.07, 6.45) is 0. The molecule has 2 heterocycles. The zero-order valence-electron chi connectivity index (χ0n) is 11.2. The summed E-state index contributed by atoms with van der Waals surface area (Å²) in [5.41, 5.74) is 6.65. The Kier molecular flexibility index (Phi) is 3.33. The molecular formula is C14H20FN3O. The summed E-state index contributed by atoms with van der Waals surface area (Å²) in [5.74, 6) is -0.334. The molecule has 2 saturated heterocycles. The molecule has 104 valence electrons. The summed E-state index contributed by atoms with van der Waals surface area (Å²) in [7, 11) is 0. The number of piperazine rings is 1. The largest absolute Gasteiger partial charge is 0.396 e. The van der Waals surface area contributed by atoms with Gasteiger partial charge in [-0.2, -0.15) is 0 Å². The minimum absolute atomic E-state index is 0.210. The van der Waals surface area contributed by atoms with Crippen LogP contribution in [0, 0.1) is 5.82 Å². The second-order valence-electron chi connectivity index (χ2n) is 5.43. The van der Waals surface area contributed by atoms with Crippen molar-refractivity contribution in [3.8, 4) is 0 Å². The fraction of sp³-hybridized carbons (Fsp3) is 0.571. The first-order chi connectivity index (χ1) is 9.15. The third-order valence-electron chi connectivity index (χ3n) is 4.11. The molecule has 4 nitrogen and oxygen atoms in total. The van der Waals surface area contributed by atoms with Crippen molar-refractivity contribution in [3.05, 3.63) is 24.0 Å². The number of nitrogens with two attached hydrogens (primary N) is 1. The Bertz CT molecular complexity index is 464. The topological polar surface area (TPSA) is 41.7 Å². The molecule has 0 unspecified atom stereocenters. The van der Waals surface area contributed by atoms with Gasteiger partial charge >= 0.3 is 0 Å². The van der Waals surface area contributed by atoms with Gasteiger partial charge in [0.1, 0.15) is 5.82 Å². The molecular weight excluding hydrogens is 245 g/mol. The molecule has 0 spiro atoms. The summed E-state index contributed by atoms with van der Waals surface area (Å²) in [5, 5.41) is 0. The first kappa shape index (κ1) is 12.7. The highest BCUT2D eigenvalue weighted by Crippen LogP contribution is 2.25. The van der Waals surface area contributed by atoms with Gasteiger partial charge in [0, 0.05) is 31.4 Å². The van der Waals surface area contributed by atoms with Crippen LogP contribution in [0.15, 0.2) is 18.2 Å². The van der Waals surface area contributed by atoms with Gasteiger partial charge < -0.3 is 15.4 Å². The van der Waals surface area contributed by atoms with Crippen LogP contribution in [-0.2, 0) is 4.74 Å². The fourth-order valence-corrected chi connectivity index (χ4v) is 2.83. The highest BCUT2D eigenvalue weighted by molar-refractivity contribution is 5.55. The lowest BCUT2D eigenvalue weighted by molar-refractivity contribution is -0.0691. The molecule has 1 aromatic carbocycles. The number of nitrogen functional groups attached to an aromatic ring is 1. The third-order valence-corrected chi connectivity index (χ3v) is 4.11. The molecule has 2 aliphatic heterocycles. The standard InChI is InChI=1S/C14H20FN3O/c1-10-7-17(12-8-19-9-12)4-5-18(10)11-2-3-14(16)13(15)6-11/h2-3,6,10,12H,4-5,7-9,16H2,1H3/t10-/m0/s1. The van der Waals surface area contributed by atoms with E-state index in [-0.39, 0.29) is 11.5 Å². The molecule has 2 N–H and O–H groups in total. The second kappa shape index (κ2) is 4.98. The lowest BCUT2D eigenvalue weighted by Gasteiger charge is -2.46. The molecule has 3 rings (SSSR count). The van der Waals surface area contributed by atoms with E-state index in [1.165, 1.54) is 6.07 Å². The molecule has 5 heteroatoms. The number of hydrogen-bond donors (Lipinski definition) is 1. The summed E-state index contributed by atoms with van der Waals surface area (Å²) in [4.78, 5) is 4.72. The van der Waals surface area contributed by atoms with Gasteiger partial charge in [-0.3, -0.25) is 4.90 Å². The minimum atomic E-state index is -0.334. The smallest absolute Gasteiger partial charge is 0.148 e. The SMILES string of the molecule is C[C@H]1CN(C2COC2)CCN1c1ccc(N)c(F)c1. The van der Waals surface area contributed by atoms with Crippen molar-refractivity contribution in [2.24, 2.45) is 0 Å². The number of anilines is 2. The maximum Gasteiger partial charge on any atom is 0.148 e. The van der Waals surface area contributed by atoms with E-state index in [9.17, 15) is 4.39 Å². The van der Waals surface area contributed by atoms with E-state index in [0.717, 1.165) is 38.5 Å². The minimum Gasteiger partial charge on any atom is -0.396 e. The molecule has 0 saturated carbocycles. The van der Waals surface area contributed by atoms with Crippen molar-refractivity contribution >= 4 is 11.4 Å². The van der Waals surface area contributed by atoms with Crippen LogP contribution in [0.25, 0.3) is 0 Å². The predicted molar refractivity (Wildman–Crippen MR) is 73.8 cm³/mol. The molecule has 2 fully saturated rings. The summed E-state index contributed by atoms with van der Waals surface area (Å²) in [6, 6.07) is 6.03. The normalized spacial score (nSPS) is 25.4. The molecule has 2 aliphatic rings. The quantitative estimate of drug-likeness (QED) is 0.819. The van der Waals surface area contributed by atoms with E-state index >= 15 is 0 Å². The maximum absolute atomic E-state index is 13.6. The highest BCUT2D eigenvalue weighted by Gasteiger charge is 2.32. The number of hydrogen-bond acceptors (Lipinski definition) is 4. The molecule has 0 aliphatic carbocycles. The number of nitrogens with zero attached hydrogens (tertiary/aromatic N) is 2. The van der Waals surface area contributed by atoms with E-state index in [2.05, 4.69) is 16.7 Å². The van der Waals surface area contributed by atoms with Gasteiger partial charge in [0.25, 0.3) is 0 Å². The Hall–Kier alpha value is -1.33. The van der Waals surface area contributed by atoms with Crippen LogP contribution in [0.4, 0.5) is 15.8 Å². The molecule has 1 aromatic rings. The Morgan fingerprint density at radius 1 is 1.32 bits per heavy atom. The van der Waals surface area contributed by atoms with Gasteiger partial charge in [0.05, 0.1) is 24.9 Å². The van der Waals surface area contributed by atoms with Crippen LogP contribution in [0.2, 0.25) is 0 Å². The van der Waals surface area contributed by atoms with Gasteiger partial charge in [0.15, 0.2) is 0 Å². The number of rotatable bonds is 2.